The monoisotopic (exact) mass is 276 g/mol. The molecule has 0 saturated heterocycles. The lowest BCUT2D eigenvalue weighted by molar-refractivity contribution is -0.121. The Morgan fingerprint density at radius 3 is 2.74 bits per heavy atom. The summed E-state index contributed by atoms with van der Waals surface area (Å²) in [5.41, 5.74) is 3.08. The molecule has 2 rings (SSSR count). The highest BCUT2D eigenvalue weighted by Crippen LogP contribution is 2.31. The molecule has 0 radical (unpaired) electrons. The van der Waals surface area contributed by atoms with Gasteiger partial charge < -0.3 is 0 Å². The fourth-order valence-corrected chi connectivity index (χ4v) is 2.86. The molecule has 3 N–H and O–H groups in total. The number of nitrogens with one attached hydrogen (secondary N) is 1. The molecule has 100 valence electrons. The van der Waals surface area contributed by atoms with Crippen molar-refractivity contribution in [1.29, 1.82) is 0 Å². The van der Waals surface area contributed by atoms with Gasteiger partial charge in [-0.05, 0) is 12.0 Å². The van der Waals surface area contributed by atoms with E-state index >= 15 is 0 Å². The first kappa shape index (κ1) is 13.8. The Hall–Kier alpha value is -1.66. The van der Waals surface area contributed by atoms with Gasteiger partial charge in [-0.15, -0.1) is 0 Å². The Morgan fingerprint density at radius 2 is 2.05 bits per heavy atom. The van der Waals surface area contributed by atoms with Crippen LogP contribution in [0.5, 0.6) is 0 Å². The van der Waals surface area contributed by atoms with Gasteiger partial charge in [0.05, 0.1) is 10.8 Å². The molecule has 1 amide bonds. The van der Waals surface area contributed by atoms with Crippen LogP contribution in [0.25, 0.3) is 10.9 Å². The summed E-state index contributed by atoms with van der Waals surface area (Å²) in [5.74, 6) is 5.19. The maximum Gasteiger partial charge on any atom is 0.247 e. The normalized spacial score (nSPS) is 12.6. The first-order chi connectivity index (χ1) is 9.13. The molecule has 2 aromatic rings. The Bertz CT molecular complexity index is 582. The number of hydrogen-bond acceptors (Lipinski definition) is 5. The second kappa shape index (κ2) is 5.99. The van der Waals surface area contributed by atoms with E-state index in [0.717, 1.165) is 15.9 Å². The van der Waals surface area contributed by atoms with E-state index in [4.69, 9.17) is 5.84 Å². The van der Waals surface area contributed by atoms with Gasteiger partial charge in [0, 0.05) is 5.39 Å². The molecule has 1 aromatic heterocycles. The van der Waals surface area contributed by atoms with E-state index in [0.29, 0.717) is 0 Å². The molecule has 1 heterocycles. The van der Waals surface area contributed by atoms with Gasteiger partial charge >= 0.3 is 0 Å². The van der Waals surface area contributed by atoms with E-state index in [1.54, 1.807) is 0 Å². The molecule has 1 atom stereocenters. The molecule has 19 heavy (non-hydrogen) atoms. The van der Waals surface area contributed by atoms with Crippen LogP contribution in [0.4, 0.5) is 0 Å². The fourth-order valence-electron chi connectivity index (χ4n) is 1.77. The van der Waals surface area contributed by atoms with Crippen molar-refractivity contribution >= 4 is 28.6 Å². The van der Waals surface area contributed by atoms with Crippen LogP contribution < -0.4 is 11.3 Å². The molecule has 0 fully saturated rings. The van der Waals surface area contributed by atoms with Crippen LogP contribution in [-0.2, 0) is 4.79 Å². The smallest absolute Gasteiger partial charge is 0.247 e. The number of fused-ring (bicyclic) bond motifs is 1. The Labute approximate surface area is 116 Å². The zero-order valence-corrected chi connectivity index (χ0v) is 11.6. The lowest BCUT2D eigenvalue weighted by atomic mass is 10.1. The average Bonchev–Trinajstić information content (AvgIpc) is 2.43. The van der Waals surface area contributed by atoms with Crippen molar-refractivity contribution in [3.05, 3.63) is 30.6 Å². The van der Waals surface area contributed by atoms with Crippen molar-refractivity contribution in [2.24, 2.45) is 11.8 Å². The minimum absolute atomic E-state index is 0.155. The first-order valence-corrected chi connectivity index (χ1v) is 6.88. The number of carbonyl (C=O) groups is 1. The van der Waals surface area contributed by atoms with Crippen molar-refractivity contribution in [3.63, 3.8) is 0 Å². The minimum atomic E-state index is -0.275. The predicted octanol–water partition coefficient (Wildman–Crippen LogP) is 1.74. The molecule has 1 aromatic carbocycles. The maximum atomic E-state index is 11.8. The van der Waals surface area contributed by atoms with Gasteiger partial charge in [0.15, 0.2) is 0 Å². The standard InChI is InChI=1S/C13H16N4OS/c1-8(2)11(12(18)17-14)19-13-9-5-3-4-6-10(9)15-7-16-13/h3-8,11H,14H2,1-2H3,(H,17,18). The number of hydrogen-bond donors (Lipinski definition) is 2. The number of thioether (sulfide) groups is 1. The third kappa shape index (κ3) is 3.02. The van der Waals surface area contributed by atoms with Crippen molar-refractivity contribution in [1.82, 2.24) is 15.4 Å². The summed E-state index contributed by atoms with van der Waals surface area (Å²) in [6, 6.07) is 7.74. The fraction of sp³-hybridized carbons (Fsp3) is 0.308. The van der Waals surface area contributed by atoms with E-state index in [-0.39, 0.29) is 17.1 Å². The third-order valence-corrected chi connectivity index (χ3v) is 4.31. The summed E-state index contributed by atoms with van der Waals surface area (Å²) in [7, 11) is 0. The molecular weight excluding hydrogens is 260 g/mol. The van der Waals surface area contributed by atoms with Gasteiger partial charge in [0.25, 0.3) is 0 Å². The highest BCUT2D eigenvalue weighted by Gasteiger charge is 2.24. The van der Waals surface area contributed by atoms with Crippen LogP contribution in [0, 0.1) is 5.92 Å². The van der Waals surface area contributed by atoms with Crippen molar-refractivity contribution in [2.75, 3.05) is 0 Å². The number of rotatable bonds is 4. The van der Waals surface area contributed by atoms with E-state index < -0.39 is 0 Å². The number of aromatic nitrogens is 2. The Morgan fingerprint density at radius 1 is 1.32 bits per heavy atom. The quantitative estimate of drug-likeness (QED) is 0.292. The average molecular weight is 276 g/mol. The summed E-state index contributed by atoms with van der Waals surface area (Å²) in [6.45, 7) is 3.96. The second-order valence-electron chi connectivity index (χ2n) is 4.49. The maximum absolute atomic E-state index is 11.8. The number of amides is 1. The van der Waals surface area contributed by atoms with Crippen molar-refractivity contribution < 1.29 is 4.79 Å². The highest BCUT2D eigenvalue weighted by atomic mass is 32.2. The van der Waals surface area contributed by atoms with Gasteiger partial charge in [-0.3, -0.25) is 10.2 Å². The van der Waals surface area contributed by atoms with E-state index in [1.165, 1.54) is 18.1 Å². The molecular formula is C13H16N4OS. The predicted molar refractivity (Wildman–Crippen MR) is 76.4 cm³/mol. The molecule has 1 unspecified atom stereocenters. The molecule has 0 aliphatic carbocycles. The topological polar surface area (TPSA) is 80.9 Å². The van der Waals surface area contributed by atoms with Crippen LogP contribution in [0.1, 0.15) is 13.8 Å². The van der Waals surface area contributed by atoms with Crippen LogP contribution in [-0.4, -0.2) is 21.1 Å². The van der Waals surface area contributed by atoms with Gasteiger partial charge in [-0.25, -0.2) is 15.8 Å². The number of nitrogens with zero attached hydrogens (tertiary/aromatic N) is 2. The zero-order chi connectivity index (χ0) is 13.8. The molecule has 0 aliphatic heterocycles. The molecule has 0 bridgehead atoms. The lowest BCUT2D eigenvalue weighted by Crippen LogP contribution is -2.40. The van der Waals surface area contributed by atoms with Crippen LogP contribution >= 0.6 is 11.8 Å². The van der Waals surface area contributed by atoms with Crippen LogP contribution in [0.2, 0.25) is 0 Å². The van der Waals surface area contributed by atoms with Crippen molar-refractivity contribution in [3.8, 4) is 0 Å². The van der Waals surface area contributed by atoms with Gasteiger partial charge in [0.2, 0.25) is 5.91 Å². The summed E-state index contributed by atoms with van der Waals surface area (Å²) in [4.78, 5) is 20.3. The second-order valence-corrected chi connectivity index (χ2v) is 5.62. The van der Waals surface area contributed by atoms with Crippen LogP contribution in [0.3, 0.4) is 0 Å². The summed E-state index contributed by atoms with van der Waals surface area (Å²) < 4.78 is 0. The molecule has 0 saturated carbocycles. The van der Waals surface area contributed by atoms with Crippen LogP contribution in [0.15, 0.2) is 35.6 Å². The molecule has 5 nitrogen and oxygen atoms in total. The SMILES string of the molecule is CC(C)C(Sc1ncnc2ccccc12)C(=O)NN. The summed E-state index contributed by atoms with van der Waals surface area (Å²) in [5, 5.41) is 1.47. The number of carbonyl (C=O) groups excluding carboxylic acids is 1. The number of benzene rings is 1. The van der Waals surface area contributed by atoms with Crippen molar-refractivity contribution in [2.45, 2.75) is 24.1 Å². The molecule has 0 aliphatic rings. The molecule has 6 heteroatoms. The number of nitrogens with two attached hydrogens (primary N) is 1. The first-order valence-electron chi connectivity index (χ1n) is 6.00. The summed E-state index contributed by atoms with van der Waals surface area (Å²) >= 11 is 1.42. The lowest BCUT2D eigenvalue weighted by Gasteiger charge is -2.18. The largest absolute Gasteiger partial charge is 0.293 e. The highest BCUT2D eigenvalue weighted by molar-refractivity contribution is 8.00. The number of hydrazine groups is 1. The zero-order valence-electron chi connectivity index (χ0n) is 10.8. The van der Waals surface area contributed by atoms with Gasteiger partial charge in [-0.2, -0.15) is 0 Å². The Balaban J connectivity index is 2.36. The van der Waals surface area contributed by atoms with Gasteiger partial charge in [0.1, 0.15) is 11.4 Å². The third-order valence-electron chi connectivity index (χ3n) is 2.75. The number of para-hydroxylation sites is 1. The van der Waals surface area contributed by atoms with E-state index in [1.807, 2.05) is 38.1 Å². The summed E-state index contributed by atoms with van der Waals surface area (Å²) in [6.07, 6.45) is 1.52. The minimum Gasteiger partial charge on any atom is -0.293 e. The van der Waals surface area contributed by atoms with Gasteiger partial charge in [-0.1, -0.05) is 43.8 Å². The Kier molecular flexibility index (Phi) is 4.34. The van der Waals surface area contributed by atoms with E-state index in [9.17, 15) is 4.79 Å². The van der Waals surface area contributed by atoms with E-state index in [2.05, 4.69) is 15.4 Å². The molecule has 0 spiro atoms.